The van der Waals surface area contributed by atoms with Crippen LogP contribution in [-0.2, 0) is 6.54 Å². The number of aromatic nitrogens is 3. The third-order valence-corrected chi connectivity index (χ3v) is 3.83. The third kappa shape index (κ3) is 2.30. The summed E-state index contributed by atoms with van der Waals surface area (Å²) in [5, 5.41) is 2.79. The molecule has 3 aromatic rings. The number of nitrogens with one attached hydrogen (secondary N) is 1. The third-order valence-electron chi connectivity index (χ3n) is 2.73. The van der Waals surface area contributed by atoms with Gasteiger partial charge in [-0.25, -0.2) is 9.97 Å². The van der Waals surface area contributed by atoms with Crippen molar-refractivity contribution in [1.82, 2.24) is 20.3 Å². The van der Waals surface area contributed by atoms with E-state index in [-0.39, 0.29) is 5.91 Å². The van der Waals surface area contributed by atoms with Crippen LogP contribution in [0.2, 0.25) is 0 Å². The lowest BCUT2D eigenvalue weighted by Crippen LogP contribution is -2.23. The van der Waals surface area contributed by atoms with E-state index in [1.165, 1.54) is 11.3 Å². The van der Waals surface area contributed by atoms with Gasteiger partial charge in [0, 0.05) is 18.6 Å². The molecule has 0 saturated heterocycles. The predicted octanol–water partition coefficient (Wildman–Crippen LogP) is 1.60. The van der Waals surface area contributed by atoms with Gasteiger partial charge in [0.1, 0.15) is 15.2 Å². The number of nitrogens with two attached hydrogens (primary N) is 1. The molecule has 0 unspecified atom stereocenters. The fourth-order valence-electron chi connectivity index (χ4n) is 1.77. The van der Waals surface area contributed by atoms with E-state index in [2.05, 4.69) is 20.3 Å². The maximum atomic E-state index is 12.1. The van der Waals surface area contributed by atoms with Crippen LogP contribution in [0.3, 0.4) is 0 Å². The Balaban J connectivity index is 1.81. The Morgan fingerprint density at radius 1 is 1.20 bits per heavy atom. The van der Waals surface area contributed by atoms with Gasteiger partial charge < -0.3 is 11.1 Å². The highest BCUT2D eigenvalue weighted by Crippen LogP contribution is 2.30. The van der Waals surface area contributed by atoms with Gasteiger partial charge >= 0.3 is 0 Å². The average molecular weight is 285 g/mol. The molecule has 0 aliphatic carbocycles. The van der Waals surface area contributed by atoms with E-state index in [0.29, 0.717) is 27.5 Å². The van der Waals surface area contributed by atoms with Gasteiger partial charge in [0.2, 0.25) is 0 Å². The van der Waals surface area contributed by atoms with E-state index in [1.54, 1.807) is 18.6 Å². The zero-order valence-corrected chi connectivity index (χ0v) is 11.2. The molecule has 0 aliphatic heterocycles. The van der Waals surface area contributed by atoms with Crippen LogP contribution in [-0.4, -0.2) is 20.9 Å². The van der Waals surface area contributed by atoms with Gasteiger partial charge in [-0.1, -0.05) is 6.07 Å². The molecule has 3 N–H and O–H groups in total. The Bertz CT molecular complexity index is 756. The molecule has 7 heteroatoms. The standard InChI is InChI=1S/C13H11N5OS/c14-9-10-13(17-6-5-16-10)20-11(9)12(19)18-7-8-3-1-2-4-15-8/h1-6H,7,14H2,(H,18,19). The monoisotopic (exact) mass is 285 g/mol. The number of fused-ring (bicyclic) bond motifs is 1. The van der Waals surface area contributed by atoms with Crippen molar-refractivity contribution in [3.05, 3.63) is 47.4 Å². The second-order valence-corrected chi connectivity index (χ2v) is 5.06. The summed E-state index contributed by atoms with van der Waals surface area (Å²) in [4.78, 5) is 25.7. The SMILES string of the molecule is Nc1c(C(=O)NCc2ccccn2)sc2nccnc12. The van der Waals surface area contributed by atoms with E-state index in [4.69, 9.17) is 5.73 Å². The van der Waals surface area contributed by atoms with Gasteiger partial charge in [-0.3, -0.25) is 9.78 Å². The van der Waals surface area contributed by atoms with Crippen molar-refractivity contribution >= 4 is 33.3 Å². The number of carbonyl (C=O) groups is 1. The number of nitrogen functional groups attached to an aromatic ring is 1. The molecule has 3 heterocycles. The summed E-state index contributed by atoms with van der Waals surface area (Å²) in [6, 6.07) is 5.54. The van der Waals surface area contributed by atoms with Crippen LogP contribution >= 0.6 is 11.3 Å². The second-order valence-electron chi connectivity index (χ2n) is 4.06. The molecule has 0 spiro atoms. The summed E-state index contributed by atoms with van der Waals surface area (Å²) in [5.74, 6) is -0.238. The molecule has 6 nitrogen and oxygen atoms in total. The zero-order valence-electron chi connectivity index (χ0n) is 10.4. The number of rotatable bonds is 3. The maximum absolute atomic E-state index is 12.1. The van der Waals surface area contributed by atoms with E-state index < -0.39 is 0 Å². The lowest BCUT2D eigenvalue weighted by atomic mass is 10.3. The van der Waals surface area contributed by atoms with Crippen molar-refractivity contribution in [1.29, 1.82) is 0 Å². The minimum atomic E-state index is -0.238. The topological polar surface area (TPSA) is 93.8 Å². The van der Waals surface area contributed by atoms with Crippen LogP contribution in [0, 0.1) is 0 Å². The Morgan fingerprint density at radius 3 is 2.80 bits per heavy atom. The molecular formula is C13H11N5OS. The van der Waals surface area contributed by atoms with Crippen molar-refractivity contribution < 1.29 is 4.79 Å². The number of carbonyl (C=O) groups excluding carboxylic acids is 1. The molecule has 20 heavy (non-hydrogen) atoms. The first-order valence-corrected chi connectivity index (χ1v) is 6.74. The number of amides is 1. The highest BCUT2D eigenvalue weighted by atomic mass is 32.1. The molecule has 100 valence electrons. The molecule has 0 aliphatic rings. The minimum absolute atomic E-state index is 0.238. The fourth-order valence-corrected chi connectivity index (χ4v) is 2.70. The van der Waals surface area contributed by atoms with Gasteiger partial charge in [-0.05, 0) is 12.1 Å². The number of hydrogen-bond acceptors (Lipinski definition) is 6. The van der Waals surface area contributed by atoms with Crippen LogP contribution < -0.4 is 11.1 Å². The Morgan fingerprint density at radius 2 is 2.05 bits per heavy atom. The summed E-state index contributed by atoms with van der Waals surface area (Å²) in [5.41, 5.74) is 7.67. The average Bonchev–Trinajstić information content (AvgIpc) is 2.84. The van der Waals surface area contributed by atoms with E-state index in [0.717, 1.165) is 5.69 Å². The number of pyridine rings is 1. The van der Waals surface area contributed by atoms with Crippen molar-refractivity contribution in [2.24, 2.45) is 0 Å². The van der Waals surface area contributed by atoms with Crippen molar-refractivity contribution in [3.63, 3.8) is 0 Å². The maximum Gasteiger partial charge on any atom is 0.263 e. The lowest BCUT2D eigenvalue weighted by molar-refractivity contribution is 0.0955. The summed E-state index contributed by atoms with van der Waals surface area (Å²) in [6.07, 6.45) is 4.82. The molecule has 3 rings (SSSR count). The summed E-state index contributed by atoms with van der Waals surface area (Å²) < 4.78 is 0. The van der Waals surface area contributed by atoms with Crippen LogP contribution in [0.1, 0.15) is 15.4 Å². The van der Waals surface area contributed by atoms with Crippen LogP contribution in [0.5, 0.6) is 0 Å². The molecule has 0 atom stereocenters. The molecule has 0 fully saturated rings. The number of hydrogen-bond donors (Lipinski definition) is 2. The fraction of sp³-hybridized carbons (Fsp3) is 0.0769. The van der Waals surface area contributed by atoms with Crippen LogP contribution in [0.4, 0.5) is 5.69 Å². The minimum Gasteiger partial charge on any atom is -0.396 e. The normalized spacial score (nSPS) is 10.6. The van der Waals surface area contributed by atoms with Gasteiger partial charge in [0.15, 0.2) is 0 Å². The van der Waals surface area contributed by atoms with Gasteiger partial charge in [-0.2, -0.15) is 0 Å². The van der Waals surface area contributed by atoms with Gasteiger partial charge in [-0.15, -0.1) is 11.3 Å². The van der Waals surface area contributed by atoms with E-state index in [1.807, 2.05) is 18.2 Å². The second kappa shape index (κ2) is 5.22. The first-order valence-electron chi connectivity index (χ1n) is 5.93. The van der Waals surface area contributed by atoms with Crippen LogP contribution in [0.25, 0.3) is 10.3 Å². The number of anilines is 1. The summed E-state index contributed by atoms with van der Waals surface area (Å²) in [6.45, 7) is 0.355. The predicted molar refractivity (Wildman–Crippen MR) is 77.2 cm³/mol. The summed E-state index contributed by atoms with van der Waals surface area (Å²) in [7, 11) is 0. The van der Waals surface area contributed by atoms with Gasteiger partial charge in [0.25, 0.3) is 5.91 Å². The lowest BCUT2D eigenvalue weighted by Gasteiger charge is -2.03. The van der Waals surface area contributed by atoms with Gasteiger partial charge in [0.05, 0.1) is 17.9 Å². The van der Waals surface area contributed by atoms with Crippen LogP contribution in [0.15, 0.2) is 36.8 Å². The summed E-state index contributed by atoms with van der Waals surface area (Å²) >= 11 is 1.24. The molecule has 0 aromatic carbocycles. The highest BCUT2D eigenvalue weighted by molar-refractivity contribution is 7.21. The molecule has 0 bridgehead atoms. The van der Waals surface area contributed by atoms with Crippen molar-refractivity contribution in [3.8, 4) is 0 Å². The Labute approximate surface area is 118 Å². The van der Waals surface area contributed by atoms with E-state index >= 15 is 0 Å². The quantitative estimate of drug-likeness (QED) is 0.762. The molecule has 1 amide bonds. The Hall–Kier alpha value is -2.54. The number of thiophene rings is 1. The zero-order chi connectivity index (χ0) is 13.9. The largest absolute Gasteiger partial charge is 0.396 e. The number of nitrogens with zero attached hydrogens (tertiary/aromatic N) is 3. The first-order chi connectivity index (χ1) is 9.75. The molecular weight excluding hydrogens is 274 g/mol. The highest BCUT2D eigenvalue weighted by Gasteiger charge is 2.17. The molecule has 0 saturated carbocycles. The molecule has 3 aromatic heterocycles. The van der Waals surface area contributed by atoms with Crippen molar-refractivity contribution in [2.45, 2.75) is 6.54 Å². The first kappa shape index (κ1) is 12.5. The molecule has 0 radical (unpaired) electrons. The van der Waals surface area contributed by atoms with E-state index in [9.17, 15) is 4.79 Å². The van der Waals surface area contributed by atoms with Crippen molar-refractivity contribution in [2.75, 3.05) is 5.73 Å². The smallest absolute Gasteiger partial charge is 0.263 e. The Kier molecular flexibility index (Phi) is 3.26.